The van der Waals surface area contributed by atoms with Crippen LogP contribution in [-0.4, -0.2) is 5.11 Å². The third-order valence-corrected chi connectivity index (χ3v) is 2.54. The van der Waals surface area contributed by atoms with Crippen LogP contribution in [0, 0.1) is 6.07 Å². The van der Waals surface area contributed by atoms with E-state index in [2.05, 4.69) is 6.07 Å². The molecule has 0 heterocycles. The van der Waals surface area contributed by atoms with Gasteiger partial charge in [-0.25, -0.2) is 0 Å². The van der Waals surface area contributed by atoms with Gasteiger partial charge in [0.2, 0.25) is 0 Å². The van der Waals surface area contributed by atoms with Crippen molar-refractivity contribution in [3.63, 3.8) is 0 Å². The van der Waals surface area contributed by atoms with Crippen LogP contribution in [0.25, 0.3) is 11.1 Å². The SMILES string of the molecule is Oc1cccc(-c2cc(Cl)c[c]c2Cl)c1. The second-order valence-corrected chi connectivity index (χ2v) is 3.91. The van der Waals surface area contributed by atoms with E-state index in [0.29, 0.717) is 10.0 Å². The summed E-state index contributed by atoms with van der Waals surface area (Å²) in [5.74, 6) is 0.198. The van der Waals surface area contributed by atoms with Gasteiger partial charge in [0.05, 0.1) is 5.02 Å². The first-order valence-corrected chi connectivity index (χ1v) is 5.08. The standard InChI is InChI=1S/C12H7Cl2O/c13-9-4-5-12(14)11(7-9)8-2-1-3-10(15)6-8/h1-4,6-7,15H. The Kier molecular flexibility index (Phi) is 2.85. The Balaban J connectivity index is 2.58. The Hall–Kier alpha value is -1.18. The molecule has 0 spiro atoms. The molecule has 0 amide bonds. The third kappa shape index (κ3) is 2.25. The van der Waals surface area contributed by atoms with Crippen molar-refractivity contribution in [2.75, 3.05) is 0 Å². The average Bonchev–Trinajstić information content (AvgIpc) is 2.22. The van der Waals surface area contributed by atoms with Gasteiger partial charge in [0, 0.05) is 16.7 Å². The molecule has 2 aromatic rings. The number of phenolic OH excluding ortho intramolecular Hbond substituents is 1. The van der Waals surface area contributed by atoms with Crippen molar-refractivity contribution >= 4 is 23.2 Å². The molecule has 1 nitrogen and oxygen atoms in total. The van der Waals surface area contributed by atoms with Crippen LogP contribution in [0.5, 0.6) is 5.75 Å². The molecule has 0 aliphatic rings. The highest BCUT2D eigenvalue weighted by Gasteiger charge is 2.05. The van der Waals surface area contributed by atoms with Gasteiger partial charge in [-0.3, -0.25) is 0 Å². The predicted molar refractivity (Wildman–Crippen MR) is 62.4 cm³/mol. The van der Waals surface area contributed by atoms with Crippen molar-refractivity contribution in [1.82, 2.24) is 0 Å². The van der Waals surface area contributed by atoms with Gasteiger partial charge in [0.15, 0.2) is 0 Å². The Morgan fingerprint density at radius 3 is 2.67 bits per heavy atom. The van der Waals surface area contributed by atoms with Crippen LogP contribution in [0.1, 0.15) is 0 Å². The minimum Gasteiger partial charge on any atom is -0.508 e. The van der Waals surface area contributed by atoms with Crippen LogP contribution in [0.15, 0.2) is 36.4 Å². The summed E-state index contributed by atoms with van der Waals surface area (Å²) in [6, 6.07) is 13.0. The quantitative estimate of drug-likeness (QED) is 0.790. The summed E-state index contributed by atoms with van der Waals surface area (Å²) in [6.45, 7) is 0. The third-order valence-electron chi connectivity index (χ3n) is 2.01. The van der Waals surface area contributed by atoms with E-state index in [0.717, 1.165) is 11.1 Å². The minimum absolute atomic E-state index is 0.198. The van der Waals surface area contributed by atoms with Gasteiger partial charge in [-0.2, -0.15) is 0 Å². The van der Waals surface area contributed by atoms with Crippen LogP contribution >= 0.6 is 23.2 Å². The highest BCUT2D eigenvalue weighted by Crippen LogP contribution is 2.31. The van der Waals surface area contributed by atoms with Gasteiger partial charge >= 0.3 is 0 Å². The molecule has 2 rings (SSSR count). The molecule has 0 saturated heterocycles. The zero-order chi connectivity index (χ0) is 10.8. The number of rotatable bonds is 1. The second kappa shape index (κ2) is 4.13. The highest BCUT2D eigenvalue weighted by molar-refractivity contribution is 6.35. The average molecular weight is 238 g/mol. The maximum Gasteiger partial charge on any atom is 0.116 e. The first-order chi connectivity index (χ1) is 7.16. The van der Waals surface area contributed by atoms with E-state index < -0.39 is 0 Å². The van der Waals surface area contributed by atoms with Crippen LogP contribution < -0.4 is 0 Å². The van der Waals surface area contributed by atoms with Gasteiger partial charge in [0.25, 0.3) is 0 Å². The summed E-state index contributed by atoms with van der Waals surface area (Å²) >= 11 is 11.8. The van der Waals surface area contributed by atoms with Crippen molar-refractivity contribution in [3.8, 4) is 16.9 Å². The molecule has 0 unspecified atom stereocenters. The van der Waals surface area contributed by atoms with E-state index >= 15 is 0 Å². The Morgan fingerprint density at radius 1 is 1.13 bits per heavy atom. The van der Waals surface area contributed by atoms with Crippen molar-refractivity contribution in [2.24, 2.45) is 0 Å². The van der Waals surface area contributed by atoms with Gasteiger partial charge in [-0.05, 0) is 29.8 Å². The zero-order valence-corrected chi connectivity index (χ0v) is 9.18. The zero-order valence-electron chi connectivity index (χ0n) is 7.67. The summed E-state index contributed by atoms with van der Waals surface area (Å²) in [4.78, 5) is 0. The minimum atomic E-state index is 0.198. The van der Waals surface area contributed by atoms with Crippen molar-refractivity contribution in [1.29, 1.82) is 0 Å². The van der Waals surface area contributed by atoms with E-state index in [-0.39, 0.29) is 5.75 Å². The fourth-order valence-electron chi connectivity index (χ4n) is 1.34. The summed E-state index contributed by atoms with van der Waals surface area (Å²) in [5.41, 5.74) is 1.58. The lowest BCUT2D eigenvalue weighted by Gasteiger charge is -2.05. The van der Waals surface area contributed by atoms with Crippen LogP contribution in [0.3, 0.4) is 0 Å². The molecule has 0 aliphatic heterocycles. The van der Waals surface area contributed by atoms with Gasteiger partial charge in [-0.15, -0.1) is 0 Å². The lowest BCUT2D eigenvalue weighted by Crippen LogP contribution is -1.79. The van der Waals surface area contributed by atoms with E-state index in [1.807, 2.05) is 6.07 Å². The Bertz CT molecular complexity index is 495. The number of halogens is 2. The predicted octanol–water partition coefficient (Wildman–Crippen LogP) is 4.17. The van der Waals surface area contributed by atoms with Crippen LogP contribution in [-0.2, 0) is 0 Å². The molecule has 15 heavy (non-hydrogen) atoms. The normalized spacial score (nSPS) is 10.3. The molecule has 3 heteroatoms. The fraction of sp³-hybridized carbons (Fsp3) is 0. The molecular formula is C12H7Cl2O. The molecule has 1 radical (unpaired) electrons. The summed E-state index contributed by atoms with van der Waals surface area (Å²) in [6.07, 6.45) is 0. The molecule has 0 saturated carbocycles. The molecule has 0 fully saturated rings. The van der Waals surface area contributed by atoms with E-state index in [9.17, 15) is 5.11 Å². The van der Waals surface area contributed by atoms with Crippen molar-refractivity contribution in [3.05, 3.63) is 52.5 Å². The number of benzene rings is 2. The molecule has 0 aromatic heterocycles. The molecule has 75 valence electrons. The molecule has 0 atom stereocenters. The molecule has 0 bridgehead atoms. The number of hydrogen-bond acceptors (Lipinski definition) is 1. The summed E-state index contributed by atoms with van der Waals surface area (Å²) in [7, 11) is 0. The molecule has 1 N–H and O–H groups in total. The maximum atomic E-state index is 9.35. The van der Waals surface area contributed by atoms with E-state index in [4.69, 9.17) is 23.2 Å². The van der Waals surface area contributed by atoms with Gasteiger partial charge in [0.1, 0.15) is 5.75 Å². The number of hydrogen-bond donors (Lipinski definition) is 1. The monoisotopic (exact) mass is 237 g/mol. The molecule has 2 aromatic carbocycles. The van der Waals surface area contributed by atoms with E-state index in [1.54, 1.807) is 30.3 Å². The molecular weight excluding hydrogens is 231 g/mol. The number of aromatic hydroxyl groups is 1. The lowest BCUT2D eigenvalue weighted by molar-refractivity contribution is 0.475. The Morgan fingerprint density at radius 2 is 1.93 bits per heavy atom. The van der Waals surface area contributed by atoms with Gasteiger partial charge < -0.3 is 5.11 Å². The number of phenols is 1. The van der Waals surface area contributed by atoms with Crippen LogP contribution in [0.2, 0.25) is 10.0 Å². The second-order valence-electron chi connectivity index (χ2n) is 3.10. The fourth-order valence-corrected chi connectivity index (χ4v) is 1.72. The largest absolute Gasteiger partial charge is 0.508 e. The first kappa shape index (κ1) is 10.3. The highest BCUT2D eigenvalue weighted by atomic mass is 35.5. The smallest absolute Gasteiger partial charge is 0.116 e. The van der Waals surface area contributed by atoms with Gasteiger partial charge in [-0.1, -0.05) is 35.3 Å². The maximum absolute atomic E-state index is 9.35. The lowest BCUT2D eigenvalue weighted by atomic mass is 10.1. The summed E-state index contributed by atoms with van der Waals surface area (Å²) < 4.78 is 0. The molecule has 0 aliphatic carbocycles. The Labute approximate surface area is 97.9 Å². The van der Waals surface area contributed by atoms with Crippen molar-refractivity contribution < 1.29 is 5.11 Å². The van der Waals surface area contributed by atoms with Crippen molar-refractivity contribution in [2.45, 2.75) is 0 Å². The first-order valence-electron chi connectivity index (χ1n) is 4.33. The summed E-state index contributed by atoms with van der Waals surface area (Å²) in [5, 5.41) is 10.4. The van der Waals surface area contributed by atoms with E-state index in [1.165, 1.54) is 0 Å². The topological polar surface area (TPSA) is 20.2 Å². The van der Waals surface area contributed by atoms with Crippen LogP contribution in [0.4, 0.5) is 0 Å².